The molecular weight excluding hydrogens is 363 g/mol. The minimum Gasteiger partial charge on any atom is -0.497 e. The van der Waals surface area contributed by atoms with E-state index in [1.54, 1.807) is 13.2 Å². The predicted molar refractivity (Wildman–Crippen MR) is 104 cm³/mol. The van der Waals surface area contributed by atoms with Gasteiger partial charge in [-0.2, -0.15) is 0 Å². The number of imide groups is 1. The van der Waals surface area contributed by atoms with Crippen molar-refractivity contribution in [1.82, 2.24) is 5.32 Å². The van der Waals surface area contributed by atoms with E-state index in [1.165, 1.54) is 18.2 Å². The quantitative estimate of drug-likeness (QED) is 0.712. The van der Waals surface area contributed by atoms with Gasteiger partial charge in [-0.15, -0.1) is 0 Å². The van der Waals surface area contributed by atoms with Crippen molar-refractivity contribution in [3.8, 4) is 5.75 Å². The molecule has 1 heterocycles. The number of piperazine rings is 1. The van der Waals surface area contributed by atoms with E-state index < -0.39 is 11.8 Å². The molecule has 1 fully saturated rings. The van der Waals surface area contributed by atoms with Crippen LogP contribution in [0.5, 0.6) is 5.75 Å². The third-order valence-corrected chi connectivity index (χ3v) is 4.69. The molecule has 0 saturated carbocycles. The lowest BCUT2D eigenvalue weighted by molar-refractivity contribution is -0.892. The molecule has 3 N–H and O–H groups in total. The highest BCUT2D eigenvalue weighted by Gasteiger charge is 2.23. The fraction of sp³-hybridized carbons (Fsp3) is 0.300. The second-order valence-corrected chi connectivity index (χ2v) is 6.59. The molecule has 0 radical (unpaired) electrons. The zero-order chi connectivity index (χ0) is 19.9. The Morgan fingerprint density at radius 3 is 2.43 bits per heavy atom. The maximum absolute atomic E-state index is 13.5. The molecule has 0 spiro atoms. The van der Waals surface area contributed by atoms with Gasteiger partial charge >= 0.3 is 6.03 Å². The van der Waals surface area contributed by atoms with Crippen molar-refractivity contribution in [2.75, 3.05) is 50.1 Å². The average Bonchev–Trinajstić information content (AvgIpc) is 2.70. The highest BCUT2D eigenvalue weighted by molar-refractivity contribution is 6.01. The van der Waals surface area contributed by atoms with Crippen molar-refractivity contribution >= 4 is 23.3 Å². The molecule has 0 unspecified atom stereocenters. The number of hydrogen-bond acceptors (Lipinski definition) is 4. The van der Waals surface area contributed by atoms with Crippen LogP contribution in [0.3, 0.4) is 0 Å². The van der Waals surface area contributed by atoms with Crippen LogP contribution >= 0.6 is 0 Å². The normalized spacial score (nSPS) is 14.4. The third-order valence-electron chi connectivity index (χ3n) is 4.69. The van der Waals surface area contributed by atoms with Crippen molar-refractivity contribution in [3.05, 3.63) is 54.3 Å². The number of nitrogens with zero attached hydrogens (tertiary/aromatic N) is 1. The number of nitrogens with one attached hydrogen (secondary N) is 3. The second kappa shape index (κ2) is 9.18. The average molecular weight is 387 g/mol. The lowest BCUT2D eigenvalue weighted by Crippen LogP contribution is -3.16. The first-order valence-corrected chi connectivity index (χ1v) is 9.13. The third kappa shape index (κ3) is 5.20. The van der Waals surface area contributed by atoms with Gasteiger partial charge < -0.3 is 19.9 Å². The molecule has 7 nitrogen and oxygen atoms in total. The van der Waals surface area contributed by atoms with Gasteiger partial charge in [0.15, 0.2) is 6.54 Å². The summed E-state index contributed by atoms with van der Waals surface area (Å²) in [5.74, 6) is -0.120. The number of carbonyl (C=O) groups is 2. The highest BCUT2D eigenvalue weighted by atomic mass is 19.1. The highest BCUT2D eigenvalue weighted by Crippen LogP contribution is 2.19. The van der Waals surface area contributed by atoms with Crippen molar-refractivity contribution in [2.24, 2.45) is 0 Å². The summed E-state index contributed by atoms with van der Waals surface area (Å²) < 4.78 is 18.7. The summed E-state index contributed by atoms with van der Waals surface area (Å²) in [6, 6.07) is 13.0. The van der Waals surface area contributed by atoms with Crippen molar-refractivity contribution in [3.63, 3.8) is 0 Å². The summed E-state index contributed by atoms with van der Waals surface area (Å²) in [5.41, 5.74) is 1.15. The Morgan fingerprint density at radius 2 is 1.79 bits per heavy atom. The van der Waals surface area contributed by atoms with Crippen LogP contribution in [-0.2, 0) is 4.79 Å². The molecule has 28 heavy (non-hydrogen) atoms. The molecule has 1 saturated heterocycles. The number of ether oxygens (including phenoxy) is 1. The van der Waals surface area contributed by atoms with Crippen LogP contribution in [0.1, 0.15) is 0 Å². The van der Waals surface area contributed by atoms with Gasteiger partial charge in [0.05, 0.1) is 39.0 Å². The summed E-state index contributed by atoms with van der Waals surface area (Å²) >= 11 is 0. The van der Waals surface area contributed by atoms with Crippen LogP contribution in [0.15, 0.2) is 48.5 Å². The first kappa shape index (κ1) is 19.6. The minimum atomic E-state index is -0.730. The molecule has 0 aromatic heterocycles. The first-order chi connectivity index (χ1) is 13.5. The molecule has 2 aromatic rings. The van der Waals surface area contributed by atoms with Crippen LogP contribution < -0.4 is 25.2 Å². The summed E-state index contributed by atoms with van der Waals surface area (Å²) in [7, 11) is 1.64. The van der Waals surface area contributed by atoms with Gasteiger partial charge in [-0.05, 0) is 36.4 Å². The number of halogens is 1. The Kier molecular flexibility index (Phi) is 6.44. The Hall–Kier alpha value is -3.13. The maximum Gasteiger partial charge on any atom is 0.326 e. The molecule has 0 aliphatic carbocycles. The number of carbonyl (C=O) groups excluding carboxylic acids is 2. The van der Waals surface area contributed by atoms with Crippen LogP contribution in [0.2, 0.25) is 0 Å². The van der Waals surface area contributed by atoms with E-state index in [4.69, 9.17) is 4.74 Å². The molecule has 3 amide bonds. The molecule has 1 aliphatic heterocycles. The van der Waals surface area contributed by atoms with E-state index in [0.717, 1.165) is 42.5 Å². The van der Waals surface area contributed by atoms with Crippen molar-refractivity contribution in [2.45, 2.75) is 0 Å². The smallest absolute Gasteiger partial charge is 0.326 e. The number of methoxy groups -OCH3 is 1. The Bertz CT molecular complexity index is 820. The second-order valence-electron chi connectivity index (χ2n) is 6.59. The Balaban J connectivity index is 1.43. The Morgan fingerprint density at radius 1 is 1.11 bits per heavy atom. The van der Waals surface area contributed by atoms with Crippen LogP contribution in [0.4, 0.5) is 20.6 Å². The molecule has 2 aromatic carbocycles. The van der Waals surface area contributed by atoms with E-state index in [9.17, 15) is 14.0 Å². The van der Waals surface area contributed by atoms with E-state index in [-0.39, 0.29) is 18.1 Å². The van der Waals surface area contributed by atoms with Gasteiger partial charge in [0.25, 0.3) is 5.91 Å². The molecule has 148 valence electrons. The molecule has 0 bridgehead atoms. The fourth-order valence-corrected chi connectivity index (χ4v) is 3.16. The number of para-hydroxylation sites is 1. The predicted octanol–water partition coefficient (Wildman–Crippen LogP) is 0.888. The topological polar surface area (TPSA) is 75.1 Å². The van der Waals surface area contributed by atoms with E-state index in [2.05, 4.69) is 15.5 Å². The standard InChI is InChI=1S/C20H23FN4O3/c1-28-16-8-6-15(7-9-16)25-12-10-24(11-13-25)14-19(26)23-20(27)22-18-5-3-2-4-17(18)21/h2-9H,10-14H2,1H3,(H2,22,23,26,27)/p+1. The number of benzene rings is 2. The monoisotopic (exact) mass is 387 g/mol. The molecule has 0 atom stereocenters. The number of quaternary nitrogens is 1. The van der Waals surface area contributed by atoms with Crippen molar-refractivity contribution in [1.29, 1.82) is 0 Å². The van der Waals surface area contributed by atoms with Gasteiger partial charge in [-0.3, -0.25) is 10.1 Å². The number of urea groups is 1. The van der Waals surface area contributed by atoms with Crippen LogP contribution in [0.25, 0.3) is 0 Å². The van der Waals surface area contributed by atoms with Crippen molar-refractivity contribution < 1.29 is 23.6 Å². The zero-order valence-corrected chi connectivity index (χ0v) is 15.7. The number of anilines is 2. The summed E-state index contributed by atoms with van der Waals surface area (Å²) in [6.45, 7) is 3.40. The van der Waals surface area contributed by atoms with Gasteiger partial charge in [-0.1, -0.05) is 12.1 Å². The van der Waals surface area contributed by atoms with Gasteiger partial charge in [0.2, 0.25) is 0 Å². The van der Waals surface area contributed by atoms with Gasteiger partial charge in [-0.25, -0.2) is 9.18 Å². The summed E-state index contributed by atoms with van der Waals surface area (Å²) in [6.07, 6.45) is 0. The number of rotatable bonds is 5. The van der Waals surface area contributed by atoms with E-state index in [1.807, 2.05) is 24.3 Å². The van der Waals surface area contributed by atoms with Gasteiger partial charge in [0, 0.05) is 5.69 Å². The molecule has 3 rings (SSSR count). The Labute approximate surface area is 163 Å². The van der Waals surface area contributed by atoms with Crippen LogP contribution in [0, 0.1) is 5.82 Å². The van der Waals surface area contributed by atoms with E-state index >= 15 is 0 Å². The number of amides is 3. The minimum absolute atomic E-state index is 0.0354. The molecule has 8 heteroatoms. The lowest BCUT2D eigenvalue weighted by atomic mass is 10.2. The van der Waals surface area contributed by atoms with E-state index in [0.29, 0.717) is 0 Å². The zero-order valence-electron chi connectivity index (χ0n) is 15.7. The lowest BCUT2D eigenvalue weighted by Gasteiger charge is -2.33. The number of hydrogen-bond donors (Lipinski definition) is 3. The molecule has 1 aliphatic rings. The summed E-state index contributed by atoms with van der Waals surface area (Å²) in [5, 5.41) is 4.60. The maximum atomic E-state index is 13.5. The fourth-order valence-electron chi connectivity index (χ4n) is 3.16. The summed E-state index contributed by atoms with van der Waals surface area (Å²) in [4.78, 5) is 27.3. The molecular formula is C20H24FN4O3+. The SMILES string of the molecule is COc1ccc(N2CC[NH+](CC(=O)NC(=O)Nc3ccccc3F)CC2)cc1. The largest absolute Gasteiger partial charge is 0.497 e. The van der Waals surface area contributed by atoms with Crippen LogP contribution in [-0.4, -0.2) is 51.8 Å². The van der Waals surface area contributed by atoms with Gasteiger partial charge in [0.1, 0.15) is 11.6 Å². The first-order valence-electron chi connectivity index (χ1n) is 9.13.